The van der Waals surface area contributed by atoms with Crippen LogP contribution in [0.25, 0.3) is 11.2 Å². The molecule has 0 saturated carbocycles. The van der Waals surface area contributed by atoms with Gasteiger partial charge in [0, 0.05) is 29.2 Å². The quantitative estimate of drug-likeness (QED) is 0.485. The number of nitrogens with zero attached hydrogens (tertiary/aromatic N) is 7. The first kappa shape index (κ1) is 23.3. The molecule has 2 fully saturated rings. The van der Waals surface area contributed by atoms with Crippen molar-refractivity contribution in [3.63, 3.8) is 0 Å². The van der Waals surface area contributed by atoms with E-state index in [4.69, 9.17) is 28.2 Å². The van der Waals surface area contributed by atoms with Crippen LogP contribution in [0.3, 0.4) is 0 Å². The van der Waals surface area contributed by atoms with E-state index in [9.17, 15) is 5.26 Å². The third kappa shape index (κ3) is 4.35. The predicted molar refractivity (Wildman–Crippen MR) is 136 cm³/mol. The van der Waals surface area contributed by atoms with Gasteiger partial charge in [-0.05, 0) is 62.9 Å². The fourth-order valence-corrected chi connectivity index (χ4v) is 6.07. The van der Waals surface area contributed by atoms with Crippen molar-refractivity contribution in [2.24, 2.45) is 5.92 Å². The lowest BCUT2D eigenvalue weighted by Gasteiger charge is -2.44. The zero-order chi connectivity index (χ0) is 23.8. The second-order valence-corrected chi connectivity index (χ2v) is 10.4. The first-order valence-electron chi connectivity index (χ1n) is 12.1. The van der Waals surface area contributed by atoms with Crippen LogP contribution in [0.5, 0.6) is 0 Å². The monoisotopic (exact) mass is 497 g/mol. The fraction of sp³-hybridized carbons (Fsp3) is 0.520. The van der Waals surface area contributed by atoms with Gasteiger partial charge in [0.25, 0.3) is 0 Å². The average molecular weight is 498 g/mol. The molecule has 2 saturated heterocycles. The van der Waals surface area contributed by atoms with E-state index in [1.165, 1.54) is 32.4 Å². The van der Waals surface area contributed by atoms with Crippen LogP contribution in [-0.4, -0.2) is 56.9 Å². The van der Waals surface area contributed by atoms with E-state index < -0.39 is 0 Å². The molecule has 0 aliphatic carbocycles. The molecule has 3 atom stereocenters. The van der Waals surface area contributed by atoms with Gasteiger partial charge in [0.2, 0.25) is 0 Å². The molecular formula is C25H29Cl2N7. The molecule has 0 bridgehead atoms. The fourth-order valence-electron chi connectivity index (χ4n) is 5.50. The van der Waals surface area contributed by atoms with Gasteiger partial charge in [0.15, 0.2) is 11.3 Å². The van der Waals surface area contributed by atoms with Crippen molar-refractivity contribution in [3.05, 3.63) is 45.7 Å². The second-order valence-electron chi connectivity index (χ2n) is 9.52. The number of fused-ring (bicyclic) bond motifs is 1. The number of rotatable bonds is 4. The highest BCUT2D eigenvalue weighted by atomic mass is 35.5. The van der Waals surface area contributed by atoms with Crippen molar-refractivity contribution in [2.75, 3.05) is 31.1 Å². The Labute approximate surface area is 210 Å². The summed E-state index contributed by atoms with van der Waals surface area (Å²) in [7, 11) is 0. The third-order valence-corrected chi connectivity index (χ3v) is 7.88. The molecule has 0 amide bonds. The summed E-state index contributed by atoms with van der Waals surface area (Å²) in [5.74, 6) is 1.38. The molecule has 178 valence electrons. The number of aromatic nitrogens is 4. The molecule has 0 radical (unpaired) electrons. The number of hydrogen-bond donors (Lipinski definition) is 0. The number of halogens is 2. The molecule has 9 heteroatoms. The van der Waals surface area contributed by atoms with E-state index >= 15 is 0 Å². The van der Waals surface area contributed by atoms with Crippen molar-refractivity contribution in [3.8, 4) is 6.07 Å². The first-order chi connectivity index (χ1) is 16.5. The highest BCUT2D eigenvalue weighted by molar-refractivity contribution is 6.35. The number of nitriles is 1. The van der Waals surface area contributed by atoms with Gasteiger partial charge >= 0.3 is 0 Å². The normalized spacial score (nSPS) is 22.6. The van der Waals surface area contributed by atoms with Crippen molar-refractivity contribution in [2.45, 2.75) is 51.6 Å². The van der Waals surface area contributed by atoms with Crippen molar-refractivity contribution >= 4 is 40.2 Å². The molecule has 3 aromatic rings. The Kier molecular flexibility index (Phi) is 6.65. The van der Waals surface area contributed by atoms with Crippen LogP contribution in [0, 0.1) is 17.2 Å². The Hall–Kier alpha value is -2.40. The molecular weight excluding hydrogens is 469 g/mol. The van der Waals surface area contributed by atoms with E-state index in [2.05, 4.69) is 32.9 Å². The minimum absolute atomic E-state index is 0.234. The topological polar surface area (TPSA) is 73.9 Å². The van der Waals surface area contributed by atoms with Gasteiger partial charge in [-0.2, -0.15) is 10.4 Å². The molecule has 0 N–H and O–H groups in total. The van der Waals surface area contributed by atoms with E-state index in [1.54, 1.807) is 23.0 Å². The second kappa shape index (κ2) is 9.69. The maximum Gasteiger partial charge on any atom is 0.190 e. The molecule has 34 heavy (non-hydrogen) atoms. The number of likely N-dealkylation sites (tertiary alicyclic amines) is 1. The van der Waals surface area contributed by atoms with Crippen LogP contribution in [0.2, 0.25) is 10.0 Å². The van der Waals surface area contributed by atoms with E-state index in [-0.39, 0.29) is 11.7 Å². The lowest BCUT2D eigenvalue weighted by molar-refractivity contribution is 0.106. The molecule has 0 spiro atoms. The van der Waals surface area contributed by atoms with Gasteiger partial charge < -0.3 is 4.90 Å². The van der Waals surface area contributed by atoms with Crippen molar-refractivity contribution < 1.29 is 0 Å². The zero-order valence-corrected chi connectivity index (χ0v) is 21.1. The van der Waals surface area contributed by atoms with Crippen LogP contribution in [-0.2, 0) is 0 Å². The Bertz CT molecular complexity index is 1230. The minimum Gasteiger partial charge on any atom is -0.355 e. The van der Waals surface area contributed by atoms with Gasteiger partial charge in [-0.15, -0.1) is 0 Å². The van der Waals surface area contributed by atoms with Crippen LogP contribution < -0.4 is 4.90 Å². The lowest BCUT2D eigenvalue weighted by atomic mass is 9.91. The summed E-state index contributed by atoms with van der Waals surface area (Å²) in [6, 6.07) is 7.98. The molecule has 2 aliphatic rings. The highest BCUT2D eigenvalue weighted by Gasteiger charge is 2.32. The lowest BCUT2D eigenvalue weighted by Crippen LogP contribution is -2.51. The van der Waals surface area contributed by atoms with Gasteiger partial charge in [0.05, 0.1) is 12.2 Å². The number of hydrogen-bond acceptors (Lipinski definition) is 6. The summed E-state index contributed by atoms with van der Waals surface area (Å²) in [6.45, 7) is 8.68. The van der Waals surface area contributed by atoms with Crippen LogP contribution in [0.15, 0.2) is 24.4 Å². The van der Waals surface area contributed by atoms with Crippen molar-refractivity contribution in [1.29, 1.82) is 5.26 Å². The molecule has 2 aliphatic heterocycles. The maximum absolute atomic E-state index is 9.65. The van der Waals surface area contributed by atoms with Crippen LogP contribution in [0.1, 0.15) is 56.8 Å². The predicted octanol–water partition coefficient (Wildman–Crippen LogP) is 5.31. The molecule has 1 aromatic carbocycles. The SMILES string of the molecule is C[C@@H]1CN(c2cnc3c(C#N)nn([C@H](C)c4ccc(Cl)cc4Cl)c3n2)CCC1N1CCCCC1. The number of benzene rings is 1. The highest BCUT2D eigenvalue weighted by Crippen LogP contribution is 2.32. The van der Waals surface area contributed by atoms with Crippen LogP contribution >= 0.6 is 23.2 Å². The first-order valence-corrected chi connectivity index (χ1v) is 12.8. The summed E-state index contributed by atoms with van der Waals surface area (Å²) < 4.78 is 1.75. The summed E-state index contributed by atoms with van der Waals surface area (Å²) >= 11 is 12.6. The smallest absolute Gasteiger partial charge is 0.190 e. The molecule has 7 nitrogen and oxygen atoms in total. The van der Waals surface area contributed by atoms with Crippen molar-refractivity contribution in [1.82, 2.24) is 24.6 Å². The van der Waals surface area contributed by atoms with Crippen LogP contribution in [0.4, 0.5) is 5.82 Å². The van der Waals surface area contributed by atoms with Gasteiger partial charge in [-0.3, -0.25) is 4.90 Å². The molecule has 5 rings (SSSR count). The molecule has 2 aromatic heterocycles. The van der Waals surface area contributed by atoms with E-state index in [1.807, 2.05) is 13.0 Å². The molecule has 1 unspecified atom stereocenters. The number of anilines is 1. The largest absolute Gasteiger partial charge is 0.355 e. The zero-order valence-electron chi connectivity index (χ0n) is 19.6. The Balaban J connectivity index is 1.44. The summed E-state index contributed by atoms with van der Waals surface area (Å²) in [5, 5.41) is 15.3. The standard InChI is InChI=1S/C25H29Cl2N7/c1-16-15-33(11-8-22(16)32-9-4-3-5-10-32)23-14-29-24-21(13-28)31-34(25(24)30-23)17(2)19-7-6-18(26)12-20(19)27/h6-7,12,14,16-17,22H,3-5,8-11,15H2,1-2H3/t16-,17-,22?/m1/s1. The third-order valence-electron chi connectivity index (χ3n) is 7.32. The number of piperidine rings is 2. The average Bonchev–Trinajstić information content (AvgIpc) is 3.22. The Morgan fingerprint density at radius 3 is 2.65 bits per heavy atom. The van der Waals surface area contributed by atoms with Gasteiger partial charge in [-0.1, -0.05) is 42.6 Å². The maximum atomic E-state index is 9.65. The summed E-state index contributed by atoms with van der Waals surface area (Å²) in [6.07, 6.45) is 6.90. The Morgan fingerprint density at radius 1 is 1.15 bits per heavy atom. The Morgan fingerprint density at radius 2 is 1.94 bits per heavy atom. The van der Waals surface area contributed by atoms with E-state index in [0.29, 0.717) is 33.2 Å². The minimum atomic E-state index is -0.234. The van der Waals surface area contributed by atoms with E-state index in [0.717, 1.165) is 30.9 Å². The van der Waals surface area contributed by atoms with Gasteiger partial charge in [-0.25, -0.2) is 14.6 Å². The molecule has 4 heterocycles. The van der Waals surface area contributed by atoms with Gasteiger partial charge in [0.1, 0.15) is 17.4 Å². The summed E-state index contributed by atoms with van der Waals surface area (Å²) in [4.78, 5) is 14.6. The summed E-state index contributed by atoms with van der Waals surface area (Å²) in [5.41, 5.74) is 2.24.